The van der Waals surface area contributed by atoms with E-state index in [2.05, 4.69) is 9.88 Å². The van der Waals surface area contributed by atoms with E-state index in [-0.39, 0.29) is 18.3 Å². The van der Waals surface area contributed by atoms with Crippen molar-refractivity contribution in [3.05, 3.63) is 58.8 Å². The Hall–Kier alpha value is -3.20. The molecule has 1 aliphatic heterocycles. The Labute approximate surface area is 168 Å². The summed E-state index contributed by atoms with van der Waals surface area (Å²) >= 11 is 1.45. The Balaban J connectivity index is 1.28. The van der Waals surface area contributed by atoms with E-state index in [1.165, 1.54) is 22.0 Å². The molecule has 0 unspecified atom stereocenters. The molecule has 3 heterocycles. The molecule has 29 heavy (non-hydrogen) atoms. The third kappa shape index (κ3) is 3.17. The number of carbonyl (C=O) groups is 1. The lowest BCUT2D eigenvalue weighted by Crippen LogP contribution is -2.50. The Bertz CT molecular complexity index is 1270. The van der Waals surface area contributed by atoms with Crippen molar-refractivity contribution in [2.24, 2.45) is 0 Å². The second kappa shape index (κ2) is 7.00. The molecule has 7 nitrogen and oxygen atoms in total. The lowest BCUT2D eigenvalue weighted by Gasteiger charge is -2.34. The number of piperazine rings is 1. The maximum atomic E-state index is 13.9. The van der Waals surface area contributed by atoms with Crippen molar-refractivity contribution in [1.29, 1.82) is 0 Å². The molecule has 2 aromatic heterocycles. The second-order valence-electron chi connectivity index (χ2n) is 6.87. The lowest BCUT2D eigenvalue weighted by atomic mass is 10.3. The van der Waals surface area contributed by atoms with Crippen LogP contribution >= 0.6 is 11.3 Å². The van der Waals surface area contributed by atoms with Crippen LogP contribution in [0.25, 0.3) is 21.3 Å². The SMILES string of the molecule is O=C(Cn1c(=O)oc2ccccc21)N1CCN(c2nc3c(F)cccc3s2)CC1. The molecule has 0 aliphatic carbocycles. The highest BCUT2D eigenvalue weighted by molar-refractivity contribution is 7.22. The van der Waals surface area contributed by atoms with Gasteiger partial charge in [-0.15, -0.1) is 0 Å². The van der Waals surface area contributed by atoms with E-state index in [1.807, 2.05) is 6.07 Å². The van der Waals surface area contributed by atoms with Crippen molar-refractivity contribution in [1.82, 2.24) is 14.5 Å². The van der Waals surface area contributed by atoms with E-state index in [1.54, 1.807) is 35.2 Å². The molecule has 0 radical (unpaired) electrons. The van der Waals surface area contributed by atoms with Gasteiger partial charge in [-0.2, -0.15) is 0 Å². The minimum absolute atomic E-state index is 0.0534. The maximum absolute atomic E-state index is 13.9. The van der Waals surface area contributed by atoms with Crippen molar-refractivity contribution in [2.75, 3.05) is 31.1 Å². The highest BCUT2D eigenvalue weighted by Gasteiger charge is 2.24. The van der Waals surface area contributed by atoms with Crippen LogP contribution in [-0.2, 0) is 11.3 Å². The highest BCUT2D eigenvalue weighted by atomic mass is 32.1. The molecule has 2 aromatic carbocycles. The smallest absolute Gasteiger partial charge is 0.408 e. The van der Waals surface area contributed by atoms with Gasteiger partial charge in [0.25, 0.3) is 0 Å². The molecule has 1 fully saturated rings. The van der Waals surface area contributed by atoms with E-state index in [9.17, 15) is 14.0 Å². The number of para-hydroxylation sites is 3. The van der Waals surface area contributed by atoms with Crippen molar-refractivity contribution >= 4 is 43.7 Å². The summed E-state index contributed by atoms with van der Waals surface area (Å²) in [5, 5.41) is 0.759. The van der Waals surface area contributed by atoms with Crippen LogP contribution in [0.2, 0.25) is 0 Å². The second-order valence-corrected chi connectivity index (χ2v) is 7.88. The number of amides is 1. The van der Waals surface area contributed by atoms with Gasteiger partial charge in [-0.1, -0.05) is 29.5 Å². The van der Waals surface area contributed by atoms with Gasteiger partial charge >= 0.3 is 5.76 Å². The number of aromatic nitrogens is 2. The summed E-state index contributed by atoms with van der Waals surface area (Å²) in [4.78, 5) is 33.0. The molecule has 0 spiro atoms. The standard InChI is InChI=1S/C20H17FN4O3S/c21-13-4-3-7-16-18(13)22-19(29-16)24-10-8-23(9-11-24)17(26)12-25-14-5-1-2-6-15(14)28-20(25)27/h1-7H,8-12H2. The van der Waals surface area contributed by atoms with Gasteiger partial charge < -0.3 is 14.2 Å². The number of benzene rings is 2. The molecule has 1 aliphatic rings. The number of halogens is 1. The van der Waals surface area contributed by atoms with Crippen LogP contribution in [0.1, 0.15) is 0 Å². The van der Waals surface area contributed by atoms with E-state index in [0.717, 1.165) is 9.83 Å². The summed E-state index contributed by atoms with van der Waals surface area (Å²) < 4.78 is 21.3. The van der Waals surface area contributed by atoms with Gasteiger partial charge in [0.1, 0.15) is 17.9 Å². The third-order valence-corrected chi connectivity index (χ3v) is 6.21. The van der Waals surface area contributed by atoms with Gasteiger partial charge in [0.2, 0.25) is 5.91 Å². The third-order valence-electron chi connectivity index (χ3n) is 5.13. The Morgan fingerprint density at radius 1 is 1.10 bits per heavy atom. The zero-order valence-corrected chi connectivity index (χ0v) is 16.2. The van der Waals surface area contributed by atoms with Crippen LogP contribution in [0.3, 0.4) is 0 Å². The van der Waals surface area contributed by atoms with Crippen molar-refractivity contribution < 1.29 is 13.6 Å². The maximum Gasteiger partial charge on any atom is 0.420 e. The van der Waals surface area contributed by atoms with Gasteiger partial charge in [0.05, 0.1) is 10.2 Å². The molecule has 0 atom stereocenters. The minimum Gasteiger partial charge on any atom is -0.408 e. The first-order chi connectivity index (χ1) is 14.1. The van der Waals surface area contributed by atoms with E-state index >= 15 is 0 Å². The number of thiazole rings is 1. The van der Waals surface area contributed by atoms with Crippen LogP contribution in [0.4, 0.5) is 9.52 Å². The first-order valence-electron chi connectivity index (χ1n) is 9.26. The van der Waals surface area contributed by atoms with Gasteiger partial charge in [0, 0.05) is 26.2 Å². The number of anilines is 1. The molecule has 148 valence electrons. The fraction of sp³-hybridized carbons (Fsp3) is 0.250. The van der Waals surface area contributed by atoms with Gasteiger partial charge in [-0.05, 0) is 24.3 Å². The summed E-state index contributed by atoms with van der Waals surface area (Å²) in [5.41, 5.74) is 1.47. The quantitative estimate of drug-likeness (QED) is 0.517. The molecule has 0 saturated carbocycles. The largest absolute Gasteiger partial charge is 0.420 e. The average molecular weight is 412 g/mol. The normalized spacial score (nSPS) is 14.8. The summed E-state index contributed by atoms with van der Waals surface area (Å²) in [6, 6.07) is 12.0. The van der Waals surface area contributed by atoms with Gasteiger partial charge in [-0.25, -0.2) is 14.2 Å². The van der Waals surface area contributed by atoms with Crippen LogP contribution in [0, 0.1) is 5.82 Å². The summed E-state index contributed by atoms with van der Waals surface area (Å²) in [6.07, 6.45) is 0. The molecule has 9 heteroatoms. The zero-order valence-electron chi connectivity index (χ0n) is 15.4. The number of hydrogen-bond acceptors (Lipinski definition) is 6. The Kier molecular flexibility index (Phi) is 4.31. The topological polar surface area (TPSA) is 71.6 Å². The number of carbonyl (C=O) groups excluding carboxylic acids is 1. The first-order valence-corrected chi connectivity index (χ1v) is 10.1. The van der Waals surface area contributed by atoms with Crippen molar-refractivity contribution in [3.8, 4) is 0 Å². The number of oxazole rings is 1. The van der Waals surface area contributed by atoms with Crippen molar-refractivity contribution in [2.45, 2.75) is 6.54 Å². The molecule has 1 amide bonds. The lowest BCUT2D eigenvalue weighted by molar-refractivity contribution is -0.132. The fourth-order valence-corrected chi connectivity index (χ4v) is 4.62. The molecule has 1 saturated heterocycles. The molecule has 0 bridgehead atoms. The monoisotopic (exact) mass is 412 g/mol. The highest BCUT2D eigenvalue weighted by Crippen LogP contribution is 2.30. The van der Waals surface area contributed by atoms with Crippen molar-refractivity contribution in [3.63, 3.8) is 0 Å². The van der Waals surface area contributed by atoms with Crippen LogP contribution in [0.15, 0.2) is 51.7 Å². The van der Waals surface area contributed by atoms with E-state index < -0.39 is 5.76 Å². The number of nitrogens with zero attached hydrogens (tertiary/aromatic N) is 4. The van der Waals surface area contributed by atoms with Crippen LogP contribution in [-0.4, -0.2) is 46.5 Å². The molecular formula is C20H17FN4O3S. The van der Waals surface area contributed by atoms with E-state index in [0.29, 0.717) is 42.8 Å². The summed E-state index contributed by atoms with van der Waals surface area (Å²) in [5.74, 6) is -0.986. The van der Waals surface area contributed by atoms with Gasteiger partial charge in [0.15, 0.2) is 10.7 Å². The average Bonchev–Trinajstić information content (AvgIpc) is 3.31. The molecular weight excluding hydrogens is 395 g/mol. The molecule has 0 N–H and O–H groups in total. The Morgan fingerprint density at radius 3 is 2.69 bits per heavy atom. The van der Waals surface area contributed by atoms with E-state index in [4.69, 9.17) is 4.42 Å². The molecule has 5 rings (SSSR count). The zero-order chi connectivity index (χ0) is 20.0. The number of rotatable bonds is 3. The molecule has 4 aromatic rings. The van der Waals surface area contributed by atoms with Crippen LogP contribution < -0.4 is 10.7 Å². The number of hydrogen-bond donors (Lipinski definition) is 0. The minimum atomic E-state index is -0.533. The van der Waals surface area contributed by atoms with Gasteiger partial charge in [-0.3, -0.25) is 9.36 Å². The van der Waals surface area contributed by atoms with Crippen LogP contribution in [0.5, 0.6) is 0 Å². The summed E-state index contributed by atoms with van der Waals surface area (Å²) in [7, 11) is 0. The first kappa shape index (κ1) is 17.9. The number of fused-ring (bicyclic) bond motifs is 2. The Morgan fingerprint density at radius 2 is 1.90 bits per heavy atom. The fourth-order valence-electron chi connectivity index (χ4n) is 3.58. The summed E-state index contributed by atoms with van der Waals surface area (Å²) in [6.45, 7) is 2.19. The predicted molar refractivity (Wildman–Crippen MR) is 109 cm³/mol. The predicted octanol–water partition coefficient (Wildman–Crippen LogP) is 2.69.